The molecular weight excluding hydrogens is 283 g/mol. The quantitative estimate of drug-likeness (QED) is 0.862. The van der Waals surface area contributed by atoms with E-state index in [2.05, 4.69) is 9.97 Å². The molecule has 4 nitrogen and oxygen atoms in total. The molecule has 1 aromatic carbocycles. The van der Waals surface area contributed by atoms with Crippen molar-refractivity contribution in [1.29, 1.82) is 0 Å². The van der Waals surface area contributed by atoms with E-state index in [9.17, 15) is 13.2 Å². The highest BCUT2D eigenvalue weighted by molar-refractivity contribution is 5.55. The Morgan fingerprint density at radius 1 is 1.05 bits per heavy atom. The highest BCUT2D eigenvalue weighted by Gasteiger charge is 2.30. The Labute approximate surface area is 119 Å². The molecule has 0 bridgehead atoms. The van der Waals surface area contributed by atoms with Gasteiger partial charge in [-0.05, 0) is 25.1 Å². The van der Waals surface area contributed by atoms with Crippen LogP contribution in [0.5, 0.6) is 5.75 Å². The summed E-state index contributed by atoms with van der Waals surface area (Å²) in [6.45, 7) is 1.00. The molecule has 0 radical (unpaired) electrons. The first-order chi connectivity index (χ1) is 10.0. The van der Waals surface area contributed by atoms with E-state index in [0.29, 0.717) is 30.3 Å². The number of rotatable bonds is 5. The Hall–Kier alpha value is -2.15. The molecule has 0 amide bonds. The molecule has 0 aliphatic rings. The Bertz CT molecular complexity index is 568. The normalized spacial score (nSPS) is 11.4. The van der Waals surface area contributed by atoms with E-state index in [0.717, 1.165) is 18.6 Å². The number of aromatic nitrogens is 2. The minimum Gasteiger partial charge on any atom is -0.490 e. The van der Waals surface area contributed by atoms with Crippen LogP contribution in [0.1, 0.15) is 12.0 Å². The molecule has 2 aromatic rings. The van der Waals surface area contributed by atoms with E-state index < -0.39 is 11.7 Å². The van der Waals surface area contributed by atoms with Gasteiger partial charge < -0.3 is 10.5 Å². The number of halogens is 3. The number of alkyl halides is 3. The maximum absolute atomic E-state index is 12.5. The van der Waals surface area contributed by atoms with Gasteiger partial charge in [0.25, 0.3) is 0 Å². The number of nitrogens with two attached hydrogens (primary N) is 1. The van der Waals surface area contributed by atoms with Crippen molar-refractivity contribution in [2.45, 2.75) is 12.6 Å². The van der Waals surface area contributed by atoms with Crippen molar-refractivity contribution in [3.63, 3.8) is 0 Å². The third-order valence-corrected chi connectivity index (χ3v) is 2.72. The number of hydrogen-bond acceptors (Lipinski definition) is 4. The number of nitrogens with zero attached hydrogens (tertiary/aromatic N) is 2. The molecule has 0 saturated carbocycles. The number of hydrogen-bond donors (Lipinski definition) is 1. The van der Waals surface area contributed by atoms with Gasteiger partial charge >= 0.3 is 6.18 Å². The smallest absolute Gasteiger partial charge is 0.416 e. The lowest BCUT2D eigenvalue weighted by atomic mass is 10.1. The minimum atomic E-state index is -4.35. The molecule has 7 heteroatoms. The van der Waals surface area contributed by atoms with Crippen molar-refractivity contribution in [1.82, 2.24) is 9.97 Å². The van der Waals surface area contributed by atoms with Crippen LogP contribution in [-0.2, 0) is 6.18 Å². The molecule has 1 aromatic heterocycles. The molecule has 1 heterocycles. The van der Waals surface area contributed by atoms with Gasteiger partial charge in [-0.25, -0.2) is 9.97 Å². The van der Waals surface area contributed by atoms with Crippen LogP contribution >= 0.6 is 0 Å². The summed E-state index contributed by atoms with van der Waals surface area (Å²) in [5.74, 6) is 0.842. The molecule has 21 heavy (non-hydrogen) atoms. The van der Waals surface area contributed by atoms with Gasteiger partial charge in [-0.1, -0.05) is 12.1 Å². The van der Waals surface area contributed by atoms with Gasteiger partial charge in [0, 0.05) is 5.56 Å². The minimum absolute atomic E-state index is 0.342. The summed E-state index contributed by atoms with van der Waals surface area (Å²) in [5, 5.41) is 0. The second-order valence-electron chi connectivity index (χ2n) is 4.31. The highest BCUT2D eigenvalue weighted by atomic mass is 19.4. The van der Waals surface area contributed by atoms with E-state index in [-0.39, 0.29) is 0 Å². The second-order valence-corrected chi connectivity index (χ2v) is 4.31. The second kappa shape index (κ2) is 6.53. The summed E-state index contributed by atoms with van der Waals surface area (Å²) in [4.78, 5) is 8.14. The Balaban J connectivity index is 2.08. The topological polar surface area (TPSA) is 61.0 Å². The lowest BCUT2D eigenvalue weighted by Crippen LogP contribution is -2.06. The van der Waals surface area contributed by atoms with Crippen molar-refractivity contribution in [3.8, 4) is 17.1 Å². The fourth-order valence-electron chi connectivity index (χ4n) is 1.62. The maximum Gasteiger partial charge on any atom is 0.416 e. The largest absolute Gasteiger partial charge is 0.490 e. The zero-order valence-corrected chi connectivity index (χ0v) is 11.1. The fraction of sp³-hybridized carbons (Fsp3) is 0.286. The monoisotopic (exact) mass is 297 g/mol. The third kappa shape index (κ3) is 4.16. The summed E-state index contributed by atoms with van der Waals surface area (Å²) in [7, 11) is 0. The average molecular weight is 297 g/mol. The van der Waals surface area contributed by atoms with Gasteiger partial charge in [0.2, 0.25) is 0 Å². The lowest BCUT2D eigenvalue weighted by molar-refractivity contribution is -0.137. The van der Waals surface area contributed by atoms with Crippen LogP contribution in [0.4, 0.5) is 13.2 Å². The predicted molar refractivity (Wildman–Crippen MR) is 71.6 cm³/mol. The van der Waals surface area contributed by atoms with Gasteiger partial charge in [-0.15, -0.1) is 0 Å². The first kappa shape index (κ1) is 15.2. The highest BCUT2D eigenvalue weighted by Crippen LogP contribution is 2.30. The zero-order chi connectivity index (χ0) is 15.3. The number of benzene rings is 1. The molecule has 0 aliphatic carbocycles. The van der Waals surface area contributed by atoms with Crippen molar-refractivity contribution in [2.75, 3.05) is 13.2 Å². The van der Waals surface area contributed by atoms with E-state index in [1.165, 1.54) is 24.5 Å². The van der Waals surface area contributed by atoms with Crippen LogP contribution in [0.2, 0.25) is 0 Å². The van der Waals surface area contributed by atoms with E-state index >= 15 is 0 Å². The van der Waals surface area contributed by atoms with Gasteiger partial charge in [-0.2, -0.15) is 13.2 Å². The van der Waals surface area contributed by atoms with Crippen molar-refractivity contribution in [3.05, 3.63) is 42.2 Å². The molecule has 0 aliphatic heterocycles. The van der Waals surface area contributed by atoms with E-state index in [1.807, 2.05) is 0 Å². The zero-order valence-electron chi connectivity index (χ0n) is 11.1. The van der Waals surface area contributed by atoms with Crippen LogP contribution in [0, 0.1) is 0 Å². The fourth-order valence-corrected chi connectivity index (χ4v) is 1.62. The van der Waals surface area contributed by atoms with Gasteiger partial charge in [0.1, 0.15) is 0 Å². The molecule has 0 fully saturated rings. The maximum atomic E-state index is 12.5. The standard InChI is InChI=1S/C14H14F3N3O/c15-14(16,17)11-4-2-10(3-5-11)13-19-8-12(9-20-13)21-7-1-6-18/h2-5,8-9H,1,6-7,18H2. The van der Waals surface area contributed by atoms with Gasteiger partial charge in [0.05, 0.1) is 24.6 Å². The van der Waals surface area contributed by atoms with Crippen LogP contribution in [0.25, 0.3) is 11.4 Å². The number of ether oxygens (including phenoxy) is 1. The summed E-state index contributed by atoms with van der Waals surface area (Å²) in [6, 6.07) is 4.69. The first-order valence-electron chi connectivity index (χ1n) is 6.33. The molecule has 2 rings (SSSR count). The lowest BCUT2D eigenvalue weighted by Gasteiger charge is -2.08. The SMILES string of the molecule is NCCCOc1cnc(-c2ccc(C(F)(F)F)cc2)nc1. The van der Waals surface area contributed by atoms with E-state index in [4.69, 9.17) is 10.5 Å². The Kier molecular flexibility index (Phi) is 4.74. The predicted octanol–water partition coefficient (Wildman–Crippen LogP) is 2.89. The van der Waals surface area contributed by atoms with Crippen LogP contribution in [-0.4, -0.2) is 23.1 Å². The van der Waals surface area contributed by atoms with Crippen LogP contribution in [0.15, 0.2) is 36.7 Å². The molecule has 0 unspecified atom stereocenters. The van der Waals surface area contributed by atoms with Crippen LogP contribution in [0.3, 0.4) is 0 Å². The molecule has 0 spiro atoms. The van der Waals surface area contributed by atoms with Crippen molar-refractivity contribution >= 4 is 0 Å². The van der Waals surface area contributed by atoms with Crippen molar-refractivity contribution in [2.24, 2.45) is 5.73 Å². The summed E-state index contributed by atoms with van der Waals surface area (Å²) in [5.41, 5.74) is 5.15. The first-order valence-corrected chi connectivity index (χ1v) is 6.33. The molecule has 0 saturated heterocycles. The Morgan fingerprint density at radius 3 is 2.19 bits per heavy atom. The van der Waals surface area contributed by atoms with Gasteiger partial charge in [0.15, 0.2) is 11.6 Å². The molecule has 112 valence electrons. The summed E-state index contributed by atoms with van der Waals surface area (Å²) in [6.07, 6.45) is -0.659. The van der Waals surface area contributed by atoms with E-state index in [1.54, 1.807) is 0 Å². The average Bonchev–Trinajstić information content (AvgIpc) is 2.48. The Morgan fingerprint density at radius 2 is 1.67 bits per heavy atom. The van der Waals surface area contributed by atoms with Gasteiger partial charge in [-0.3, -0.25) is 0 Å². The molecule has 0 atom stereocenters. The van der Waals surface area contributed by atoms with Crippen LogP contribution < -0.4 is 10.5 Å². The summed E-state index contributed by atoms with van der Waals surface area (Å²) < 4.78 is 42.7. The van der Waals surface area contributed by atoms with Crippen molar-refractivity contribution < 1.29 is 17.9 Å². The molecule has 2 N–H and O–H groups in total. The molecular formula is C14H14F3N3O. The summed E-state index contributed by atoms with van der Waals surface area (Å²) >= 11 is 0. The third-order valence-electron chi connectivity index (χ3n) is 2.72.